The molecule has 0 aliphatic heterocycles. The van der Waals surface area contributed by atoms with Crippen molar-refractivity contribution in [3.05, 3.63) is 37.9 Å². The molecule has 0 aromatic heterocycles. The van der Waals surface area contributed by atoms with Gasteiger partial charge in [-0.25, -0.2) is 0 Å². The van der Waals surface area contributed by atoms with Gasteiger partial charge in [0.15, 0.2) is 0 Å². The van der Waals surface area contributed by atoms with Gasteiger partial charge in [0.1, 0.15) is 0 Å². The molecule has 0 fully saturated rings. The van der Waals surface area contributed by atoms with Gasteiger partial charge < -0.3 is 5.11 Å². The Labute approximate surface area is 94.0 Å². The zero-order valence-corrected chi connectivity index (χ0v) is 9.46. The third-order valence-corrected chi connectivity index (χ3v) is 1.76. The highest BCUT2D eigenvalue weighted by Gasteiger charge is 2.01. The Hall–Kier alpha value is -1.18. The van der Waals surface area contributed by atoms with Crippen LogP contribution >= 0.6 is 22.6 Å². The number of hydrogen-bond acceptors (Lipinski definition) is 3. The Balaban J connectivity index is 0.000000364. The fraction of sp³-hybridized carbons (Fsp3) is 0.125. The summed E-state index contributed by atoms with van der Waals surface area (Å²) in [6.07, 6.45) is 0. The van der Waals surface area contributed by atoms with E-state index in [1.807, 2.05) is 0 Å². The van der Waals surface area contributed by atoms with Crippen molar-refractivity contribution in [1.29, 1.82) is 0 Å². The first-order valence-corrected chi connectivity index (χ1v) is 4.61. The number of rotatable bonds is 1. The lowest BCUT2D eigenvalue weighted by Crippen LogP contribution is -1.86. The maximum absolute atomic E-state index is 10.1. The SMILES string of the molecule is CC(=O)O.O=[N+]([O-])c1ccc(I)cc1. The van der Waals surface area contributed by atoms with E-state index < -0.39 is 10.9 Å². The molecule has 1 rings (SSSR count). The maximum atomic E-state index is 10.1. The van der Waals surface area contributed by atoms with Gasteiger partial charge in [0.05, 0.1) is 4.92 Å². The topological polar surface area (TPSA) is 80.4 Å². The van der Waals surface area contributed by atoms with E-state index in [0.717, 1.165) is 10.5 Å². The zero-order valence-electron chi connectivity index (χ0n) is 7.31. The van der Waals surface area contributed by atoms with Crippen molar-refractivity contribution in [3.63, 3.8) is 0 Å². The van der Waals surface area contributed by atoms with Gasteiger partial charge in [0, 0.05) is 22.6 Å². The van der Waals surface area contributed by atoms with Crippen molar-refractivity contribution in [2.45, 2.75) is 6.92 Å². The van der Waals surface area contributed by atoms with Gasteiger partial charge in [-0.1, -0.05) is 0 Å². The third-order valence-electron chi connectivity index (χ3n) is 1.04. The van der Waals surface area contributed by atoms with Crippen molar-refractivity contribution >= 4 is 34.2 Å². The summed E-state index contributed by atoms with van der Waals surface area (Å²) >= 11 is 2.10. The molecule has 0 radical (unpaired) electrons. The quantitative estimate of drug-likeness (QED) is 0.490. The number of nitro benzene ring substituents is 1. The summed E-state index contributed by atoms with van der Waals surface area (Å²) in [6, 6.07) is 6.39. The minimum atomic E-state index is -0.833. The molecule has 0 amide bonds. The van der Waals surface area contributed by atoms with Gasteiger partial charge in [0.25, 0.3) is 11.7 Å². The monoisotopic (exact) mass is 309 g/mol. The Bertz CT molecular complexity index is 319. The van der Waals surface area contributed by atoms with E-state index in [4.69, 9.17) is 9.90 Å². The number of carbonyl (C=O) groups is 1. The molecule has 0 saturated carbocycles. The van der Waals surface area contributed by atoms with Gasteiger partial charge in [0.2, 0.25) is 0 Å². The number of aliphatic carboxylic acids is 1. The fourth-order valence-electron chi connectivity index (χ4n) is 0.563. The smallest absolute Gasteiger partial charge is 0.300 e. The van der Waals surface area contributed by atoms with Gasteiger partial charge >= 0.3 is 0 Å². The second kappa shape index (κ2) is 6.30. The minimum Gasteiger partial charge on any atom is -0.481 e. The first-order valence-electron chi connectivity index (χ1n) is 3.53. The molecule has 0 atom stereocenters. The van der Waals surface area contributed by atoms with Crippen molar-refractivity contribution in [3.8, 4) is 0 Å². The molecule has 0 bridgehead atoms. The highest BCUT2D eigenvalue weighted by Crippen LogP contribution is 2.12. The molecule has 0 unspecified atom stereocenters. The summed E-state index contributed by atoms with van der Waals surface area (Å²) < 4.78 is 1.00. The molecular formula is C8H8INO4. The molecule has 5 nitrogen and oxygen atoms in total. The van der Waals surface area contributed by atoms with Crippen molar-refractivity contribution < 1.29 is 14.8 Å². The minimum absolute atomic E-state index is 0.139. The molecular weight excluding hydrogens is 301 g/mol. The summed E-state index contributed by atoms with van der Waals surface area (Å²) in [5.74, 6) is -0.833. The highest BCUT2D eigenvalue weighted by molar-refractivity contribution is 14.1. The lowest BCUT2D eigenvalue weighted by Gasteiger charge is -1.88. The van der Waals surface area contributed by atoms with Crippen LogP contribution in [0, 0.1) is 13.7 Å². The maximum Gasteiger partial charge on any atom is 0.300 e. The van der Waals surface area contributed by atoms with Crippen LogP contribution in [0.4, 0.5) is 5.69 Å². The van der Waals surface area contributed by atoms with Crippen LogP contribution in [-0.4, -0.2) is 16.0 Å². The van der Waals surface area contributed by atoms with Crippen LogP contribution in [0.15, 0.2) is 24.3 Å². The number of non-ortho nitro benzene ring substituents is 1. The van der Waals surface area contributed by atoms with Crippen LogP contribution in [-0.2, 0) is 4.79 Å². The zero-order chi connectivity index (χ0) is 11.1. The molecule has 14 heavy (non-hydrogen) atoms. The van der Waals surface area contributed by atoms with Crippen LogP contribution in [0.1, 0.15) is 6.92 Å². The van der Waals surface area contributed by atoms with E-state index in [-0.39, 0.29) is 5.69 Å². The summed E-state index contributed by atoms with van der Waals surface area (Å²) in [4.78, 5) is 18.7. The third kappa shape index (κ3) is 6.35. The number of carboxylic acids is 1. The first-order chi connectivity index (χ1) is 6.43. The van der Waals surface area contributed by atoms with Gasteiger partial charge in [-0.15, -0.1) is 0 Å². The van der Waals surface area contributed by atoms with E-state index in [1.54, 1.807) is 12.1 Å². The molecule has 0 heterocycles. The molecule has 1 N–H and O–H groups in total. The normalized spacial score (nSPS) is 8.43. The van der Waals surface area contributed by atoms with Gasteiger partial charge in [-0.2, -0.15) is 0 Å². The molecule has 1 aromatic rings. The second-order valence-electron chi connectivity index (χ2n) is 2.25. The molecule has 6 heteroatoms. The standard InChI is InChI=1S/C6H4INO2.C2H4O2/c7-5-1-3-6(4-2-5)8(9)10;1-2(3)4/h1-4H;1H3,(H,3,4). The van der Waals surface area contributed by atoms with Crippen molar-refractivity contribution in [1.82, 2.24) is 0 Å². The summed E-state index contributed by atoms with van der Waals surface area (Å²) in [6.45, 7) is 1.08. The number of nitro groups is 1. The fourth-order valence-corrected chi connectivity index (χ4v) is 0.922. The first kappa shape index (κ1) is 12.8. The van der Waals surface area contributed by atoms with E-state index in [1.165, 1.54) is 12.1 Å². The molecule has 0 spiro atoms. The Morgan fingerprint density at radius 1 is 1.43 bits per heavy atom. The molecule has 0 aliphatic rings. The van der Waals surface area contributed by atoms with Crippen LogP contribution in [0.5, 0.6) is 0 Å². The van der Waals surface area contributed by atoms with Gasteiger partial charge in [-0.3, -0.25) is 14.9 Å². The second-order valence-corrected chi connectivity index (χ2v) is 3.50. The van der Waals surface area contributed by atoms with Crippen LogP contribution in [0.3, 0.4) is 0 Å². The average Bonchev–Trinajstić information content (AvgIpc) is 2.03. The van der Waals surface area contributed by atoms with E-state index in [2.05, 4.69) is 22.6 Å². The van der Waals surface area contributed by atoms with Crippen LogP contribution in [0.2, 0.25) is 0 Å². The Kier molecular flexibility index (Phi) is 5.77. The van der Waals surface area contributed by atoms with Gasteiger partial charge in [-0.05, 0) is 34.7 Å². The summed E-state index contributed by atoms with van der Waals surface area (Å²) in [7, 11) is 0. The largest absolute Gasteiger partial charge is 0.481 e. The molecule has 1 aromatic carbocycles. The number of benzene rings is 1. The predicted molar refractivity (Wildman–Crippen MR) is 59.1 cm³/mol. The van der Waals surface area contributed by atoms with Crippen LogP contribution in [0.25, 0.3) is 0 Å². The number of nitrogens with zero attached hydrogens (tertiary/aromatic N) is 1. The van der Waals surface area contributed by atoms with Crippen LogP contribution < -0.4 is 0 Å². The summed E-state index contributed by atoms with van der Waals surface area (Å²) in [5.41, 5.74) is 0.139. The predicted octanol–water partition coefficient (Wildman–Crippen LogP) is 2.29. The molecule has 0 saturated heterocycles. The lowest BCUT2D eigenvalue weighted by molar-refractivity contribution is -0.384. The van der Waals surface area contributed by atoms with Crippen molar-refractivity contribution in [2.75, 3.05) is 0 Å². The highest BCUT2D eigenvalue weighted by atomic mass is 127. The average molecular weight is 309 g/mol. The summed E-state index contributed by atoms with van der Waals surface area (Å²) in [5, 5.41) is 17.5. The number of hydrogen-bond donors (Lipinski definition) is 1. The molecule has 76 valence electrons. The van der Waals surface area contributed by atoms with E-state index in [9.17, 15) is 10.1 Å². The van der Waals surface area contributed by atoms with Crippen molar-refractivity contribution in [2.24, 2.45) is 0 Å². The Morgan fingerprint density at radius 2 is 1.79 bits per heavy atom. The lowest BCUT2D eigenvalue weighted by atomic mass is 10.3. The number of halogens is 1. The number of carboxylic acid groups (broad SMARTS) is 1. The van der Waals surface area contributed by atoms with E-state index >= 15 is 0 Å². The van der Waals surface area contributed by atoms with E-state index in [0.29, 0.717) is 0 Å². The Morgan fingerprint density at radius 3 is 2.07 bits per heavy atom. The molecule has 0 aliphatic carbocycles.